The van der Waals surface area contributed by atoms with Crippen LogP contribution >= 0.6 is 0 Å². The first-order valence-corrected chi connectivity index (χ1v) is 9.93. The van der Waals surface area contributed by atoms with Crippen molar-refractivity contribution in [3.63, 3.8) is 0 Å². The number of fused-ring (bicyclic) bond motifs is 3. The zero-order valence-electron chi connectivity index (χ0n) is 15.5. The van der Waals surface area contributed by atoms with Gasteiger partial charge >= 0.3 is 5.97 Å². The Labute approximate surface area is 145 Å². The molecule has 3 heteroatoms. The maximum atomic E-state index is 12.6. The predicted molar refractivity (Wildman–Crippen MR) is 92.2 cm³/mol. The Kier molecular flexibility index (Phi) is 3.68. The number of aldehydes is 1. The maximum absolute atomic E-state index is 12.6. The molecule has 2 bridgehead atoms. The lowest BCUT2D eigenvalue weighted by Crippen LogP contribution is -2.58. The first-order valence-electron chi connectivity index (χ1n) is 9.93. The molecule has 4 fully saturated rings. The molecule has 0 aromatic carbocycles. The molecule has 0 N–H and O–H groups in total. The molecule has 0 saturated heterocycles. The average Bonchev–Trinajstić information content (AvgIpc) is 2.84. The largest absolute Gasteiger partial charge is 0.469 e. The summed E-state index contributed by atoms with van der Waals surface area (Å²) in [5.41, 5.74) is 0.305. The Morgan fingerprint density at radius 3 is 2.54 bits per heavy atom. The van der Waals surface area contributed by atoms with Crippen molar-refractivity contribution in [2.75, 3.05) is 7.11 Å². The average molecular weight is 332 g/mol. The van der Waals surface area contributed by atoms with E-state index in [1.165, 1.54) is 38.4 Å². The summed E-state index contributed by atoms with van der Waals surface area (Å²) in [7, 11) is 1.54. The van der Waals surface area contributed by atoms with E-state index >= 15 is 0 Å². The summed E-state index contributed by atoms with van der Waals surface area (Å²) in [5, 5.41) is 0. The number of rotatable bonds is 2. The molecule has 4 saturated carbocycles. The third-order valence-electron chi connectivity index (χ3n) is 9.01. The first-order chi connectivity index (χ1) is 11.4. The summed E-state index contributed by atoms with van der Waals surface area (Å²) in [6, 6.07) is 0. The molecule has 0 aromatic heterocycles. The van der Waals surface area contributed by atoms with Crippen molar-refractivity contribution in [1.29, 1.82) is 0 Å². The summed E-state index contributed by atoms with van der Waals surface area (Å²) < 4.78 is 5.23. The van der Waals surface area contributed by atoms with E-state index in [4.69, 9.17) is 4.74 Å². The van der Waals surface area contributed by atoms with Gasteiger partial charge < -0.3 is 9.53 Å². The molecule has 0 amide bonds. The van der Waals surface area contributed by atoms with Crippen molar-refractivity contribution in [2.24, 2.45) is 39.9 Å². The molecule has 3 nitrogen and oxygen atoms in total. The van der Waals surface area contributed by atoms with Crippen LogP contribution < -0.4 is 0 Å². The van der Waals surface area contributed by atoms with Gasteiger partial charge in [-0.2, -0.15) is 0 Å². The highest BCUT2D eigenvalue weighted by Crippen LogP contribution is 2.72. The summed E-state index contributed by atoms with van der Waals surface area (Å²) in [6.07, 6.45) is 11.8. The molecule has 24 heavy (non-hydrogen) atoms. The Balaban J connectivity index is 1.71. The van der Waals surface area contributed by atoms with Gasteiger partial charge in [-0.3, -0.25) is 4.79 Å². The molecular formula is C21H32O3. The van der Waals surface area contributed by atoms with Crippen LogP contribution in [0.4, 0.5) is 0 Å². The highest BCUT2D eigenvalue weighted by molar-refractivity contribution is 5.77. The second kappa shape index (κ2) is 5.32. The van der Waals surface area contributed by atoms with Gasteiger partial charge in [0, 0.05) is 5.92 Å². The molecule has 134 valence electrons. The molecule has 0 aliphatic heterocycles. The van der Waals surface area contributed by atoms with Gasteiger partial charge in [-0.1, -0.05) is 13.3 Å². The molecule has 1 spiro atoms. The first kappa shape index (κ1) is 16.6. The summed E-state index contributed by atoms with van der Waals surface area (Å²) in [6.45, 7) is 4.63. The van der Waals surface area contributed by atoms with Gasteiger partial charge in [-0.25, -0.2) is 0 Å². The maximum Gasteiger partial charge on any atom is 0.311 e. The molecule has 4 aliphatic rings. The molecule has 7 atom stereocenters. The van der Waals surface area contributed by atoms with Gasteiger partial charge in [-0.05, 0) is 86.9 Å². The van der Waals surface area contributed by atoms with E-state index in [0.717, 1.165) is 25.7 Å². The monoisotopic (exact) mass is 332 g/mol. The Hall–Kier alpha value is -0.860. The van der Waals surface area contributed by atoms with Crippen LogP contribution in [0.3, 0.4) is 0 Å². The standard InChI is InChI=1S/C21H32O3/c1-19-8-4-9-20(2,18(23)24-3)16(19)7-10-21-11-14(5-6-17(19)21)15(12-21)13-22/h13-17H,4-12H2,1-3H3/t14-,15-,16-,17-,19+,20+,21-/m0/s1. The Morgan fingerprint density at radius 2 is 1.83 bits per heavy atom. The molecule has 0 heterocycles. The predicted octanol–water partition coefficient (Wildman–Crippen LogP) is 4.39. The number of ether oxygens (including phenoxy) is 1. The molecule has 0 aromatic rings. The third-order valence-corrected chi connectivity index (χ3v) is 9.01. The fourth-order valence-corrected chi connectivity index (χ4v) is 8.13. The summed E-state index contributed by atoms with van der Waals surface area (Å²) >= 11 is 0. The number of carbonyl (C=O) groups is 2. The van der Waals surface area contributed by atoms with Gasteiger partial charge in [0.1, 0.15) is 6.29 Å². The van der Waals surface area contributed by atoms with Gasteiger partial charge in [0.05, 0.1) is 12.5 Å². The zero-order valence-corrected chi connectivity index (χ0v) is 15.5. The van der Waals surface area contributed by atoms with E-state index in [-0.39, 0.29) is 16.8 Å². The van der Waals surface area contributed by atoms with Gasteiger partial charge in [-0.15, -0.1) is 0 Å². The molecule has 0 radical (unpaired) electrons. The van der Waals surface area contributed by atoms with Gasteiger partial charge in [0.2, 0.25) is 0 Å². The number of methoxy groups -OCH3 is 1. The highest BCUT2D eigenvalue weighted by atomic mass is 16.5. The minimum atomic E-state index is -0.317. The number of esters is 1. The molecule has 4 aliphatic carbocycles. The van der Waals surface area contributed by atoms with E-state index in [1.807, 2.05) is 0 Å². The number of carbonyl (C=O) groups excluding carboxylic acids is 2. The SMILES string of the molecule is COC(=O)[C@]1(C)CCC[C@@]2(C)[C@@H]3CC[C@H]4C[C@@]3(CC[C@@H]21)C[C@H]4C=O. The van der Waals surface area contributed by atoms with Crippen molar-refractivity contribution >= 4 is 12.3 Å². The van der Waals surface area contributed by atoms with Gasteiger partial charge in [0.15, 0.2) is 0 Å². The Morgan fingerprint density at radius 1 is 1.04 bits per heavy atom. The quantitative estimate of drug-likeness (QED) is 0.556. The van der Waals surface area contributed by atoms with E-state index in [0.29, 0.717) is 29.1 Å². The molecule has 0 unspecified atom stereocenters. The molecule has 4 rings (SSSR count). The van der Waals surface area contributed by atoms with Crippen LogP contribution in [0.25, 0.3) is 0 Å². The highest BCUT2D eigenvalue weighted by Gasteiger charge is 2.65. The van der Waals surface area contributed by atoms with Crippen molar-refractivity contribution < 1.29 is 14.3 Å². The van der Waals surface area contributed by atoms with Crippen LogP contribution in [0.2, 0.25) is 0 Å². The van der Waals surface area contributed by atoms with Crippen LogP contribution in [-0.4, -0.2) is 19.4 Å². The van der Waals surface area contributed by atoms with Crippen molar-refractivity contribution in [3.8, 4) is 0 Å². The smallest absolute Gasteiger partial charge is 0.311 e. The van der Waals surface area contributed by atoms with E-state index in [2.05, 4.69) is 13.8 Å². The van der Waals surface area contributed by atoms with Crippen LogP contribution in [0, 0.1) is 39.9 Å². The lowest BCUT2D eigenvalue weighted by molar-refractivity contribution is -0.183. The fourth-order valence-electron chi connectivity index (χ4n) is 8.13. The summed E-state index contributed by atoms with van der Waals surface area (Å²) in [5.74, 6) is 2.06. The minimum absolute atomic E-state index is 0.000232. The number of hydrogen-bond donors (Lipinski definition) is 0. The topological polar surface area (TPSA) is 43.4 Å². The minimum Gasteiger partial charge on any atom is -0.469 e. The summed E-state index contributed by atoms with van der Waals surface area (Å²) in [4.78, 5) is 24.2. The van der Waals surface area contributed by atoms with E-state index in [1.54, 1.807) is 7.11 Å². The van der Waals surface area contributed by atoms with Crippen molar-refractivity contribution in [3.05, 3.63) is 0 Å². The zero-order chi connectivity index (χ0) is 17.2. The third kappa shape index (κ3) is 1.96. The Bertz CT molecular complexity index is 557. The lowest BCUT2D eigenvalue weighted by Gasteiger charge is -2.63. The fraction of sp³-hybridized carbons (Fsp3) is 0.905. The normalized spacial score (nSPS) is 53.0. The lowest BCUT2D eigenvalue weighted by atomic mass is 9.41. The van der Waals surface area contributed by atoms with Crippen LogP contribution in [0.1, 0.15) is 71.6 Å². The van der Waals surface area contributed by atoms with Crippen molar-refractivity contribution in [1.82, 2.24) is 0 Å². The van der Waals surface area contributed by atoms with E-state index in [9.17, 15) is 9.59 Å². The molecular weight excluding hydrogens is 300 g/mol. The van der Waals surface area contributed by atoms with Crippen LogP contribution in [-0.2, 0) is 14.3 Å². The number of hydrogen-bond acceptors (Lipinski definition) is 3. The second-order valence-corrected chi connectivity index (χ2v) is 9.82. The van der Waals surface area contributed by atoms with E-state index < -0.39 is 0 Å². The van der Waals surface area contributed by atoms with Gasteiger partial charge in [0.25, 0.3) is 0 Å². The second-order valence-electron chi connectivity index (χ2n) is 9.82. The van der Waals surface area contributed by atoms with Crippen LogP contribution in [0.15, 0.2) is 0 Å². The van der Waals surface area contributed by atoms with Crippen molar-refractivity contribution in [2.45, 2.75) is 71.6 Å². The van der Waals surface area contributed by atoms with Crippen LogP contribution in [0.5, 0.6) is 0 Å².